The van der Waals surface area contributed by atoms with E-state index >= 15 is 0 Å². The van der Waals surface area contributed by atoms with Crippen molar-refractivity contribution in [2.45, 2.75) is 32.0 Å². The molecule has 0 spiro atoms. The molecule has 0 aliphatic carbocycles. The quantitative estimate of drug-likeness (QED) is 0.496. The second kappa shape index (κ2) is 12.4. The molecule has 3 aromatic carbocycles. The van der Waals surface area contributed by atoms with Gasteiger partial charge >= 0.3 is 0 Å². The van der Waals surface area contributed by atoms with E-state index in [1.165, 1.54) is 0 Å². The molecule has 0 aromatic heterocycles. The fraction of sp³-hybridized carbons (Fsp3) is 0.344. The number of nitrogens with zero attached hydrogens (tertiary/aromatic N) is 2. The van der Waals surface area contributed by atoms with Crippen molar-refractivity contribution in [1.29, 1.82) is 0 Å². The fourth-order valence-electron chi connectivity index (χ4n) is 5.15. The summed E-state index contributed by atoms with van der Waals surface area (Å²) in [6, 6.07) is 17.5. The summed E-state index contributed by atoms with van der Waals surface area (Å²) in [5, 5.41) is 5.95. The van der Waals surface area contributed by atoms with Gasteiger partial charge in [0.05, 0.1) is 13.2 Å². The number of amides is 3. The van der Waals surface area contributed by atoms with Gasteiger partial charge < -0.3 is 34.6 Å². The molecule has 3 aliphatic heterocycles. The van der Waals surface area contributed by atoms with Gasteiger partial charge in [-0.2, -0.15) is 0 Å². The normalized spacial score (nSPS) is 18.9. The van der Waals surface area contributed by atoms with E-state index < -0.39 is 12.1 Å². The lowest BCUT2D eigenvalue weighted by atomic mass is 9.99. The van der Waals surface area contributed by atoms with Crippen LogP contribution in [0.2, 0.25) is 0 Å². The van der Waals surface area contributed by atoms with Crippen LogP contribution in [0.4, 0.5) is 5.69 Å². The van der Waals surface area contributed by atoms with Crippen LogP contribution < -0.4 is 29.7 Å². The van der Waals surface area contributed by atoms with Crippen LogP contribution in [0.5, 0.6) is 17.2 Å². The average Bonchev–Trinajstić information content (AvgIpc) is 3.00. The van der Waals surface area contributed by atoms with Crippen LogP contribution in [0.25, 0.3) is 0 Å². The zero-order valence-corrected chi connectivity index (χ0v) is 24.3. The standard InChI is InChI=1S/C32H36N4O6/c1-20-8-9-21-15-28(20)41-19-30(37)33-17-23-10-11-25(16-29(23)40-4)42-27-12-13-36(18-26(27)34-31(21)38)32(39)22-6-5-7-24(14-22)35(2)3/h5-11,14-16,26-27H,12-13,17-19H2,1-4H3,(H,33,37)(H,34,38)/t26-,27+/m0/s1. The Morgan fingerprint density at radius 2 is 1.90 bits per heavy atom. The van der Waals surface area contributed by atoms with Crippen molar-refractivity contribution in [3.8, 4) is 17.2 Å². The van der Waals surface area contributed by atoms with Crippen LogP contribution in [0.1, 0.15) is 38.3 Å². The minimum atomic E-state index is -0.498. The average molecular weight is 573 g/mol. The number of hydrogen-bond donors (Lipinski definition) is 2. The molecule has 42 heavy (non-hydrogen) atoms. The van der Waals surface area contributed by atoms with Crippen molar-refractivity contribution < 1.29 is 28.6 Å². The van der Waals surface area contributed by atoms with Crippen LogP contribution in [0.15, 0.2) is 60.7 Å². The highest BCUT2D eigenvalue weighted by Crippen LogP contribution is 2.28. The second-order valence-electron chi connectivity index (χ2n) is 10.7. The van der Waals surface area contributed by atoms with E-state index in [0.29, 0.717) is 41.3 Å². The molecule has 2 atom stereocenters. The van der Waals surface area contributed by atoms with Crippen molar-refractivity contribution in [2.75, 3.05) is 45.8 Å². The molecule has 6 rings (SSSR count). The van der Waals surface area contributed by atoms with Crippen molar-refractivity contribution in [3.63, 3.8) is 0 Å². The third-order valence-electron chi connectivity index (χ3n) is 7.59. The number of benzene rings is 3. The number of likely N-dealkylation sites (tertiary alicyclic amines) is 1. The lowest BCUT2D eigenvalue weighted by molar-refractivity contribution is -0.123. The zero-order chi connectivity index (χ0) is 29.8. The number of carbonyl (C=O) groups excluding carboxylic acids is 3. The van der Waals surface area contributed by atoms with Crippen molar-refractivity contribution in [1.82, 2.24) is 15.5 Å². The van der Waals surface area contributed by atoms with E-state index in [1.807, 2.05) is 56.3 Å². The maximum atomic E-state index is 13.6. The van der Waals surface area contributed by atoms with Gasteiger partial charge in [0.25, 0.3) is 17.7 Å². The molecule has 4 bridgehead atoms. The minimum absolute atomic E-state index is 0.107. The number of carbonyl (C=O) groups is 3. The number of methoxy groups -OCH3 is 1. The summed E-state index contributed by atoms with van der Waals surface area (Å²) in [5.74, 6) is 0.831. The maximum Gasteiger partial charge on any atom is 0.258 e. The van der Waals surface area contributed by atoms with Crippen LogP contribution in [0, 0.1) is 6.92 Å². The van der Waals surface area contributed by atoms with Gasteiger partial charge in [0.1, 0.15) is 23.4 Å². The highest BCUT2D eigenvalue weighted by Gasteiger charge is 2.35. The number of fused-ring (bicyclic) bond motifs is 7. The van der Waals surface area contributed by atoms with Crippen molar-refractivity contribution in [3.05, 3.63) is 82.9 Å². The van der Waals surface area contributed by atoms with E-state index in [9.17, 15) is 14.4 Å². The molecule has 2 N–H and O–H groups in total. The molecule has 10 nitrogen and oxygen atoms in total. The van der Waals surface area contributed by atoms with Crippen molar-refractivity contribution >= 4 is 23.4 Å². The van der Waals surface area contributed by atoms with E-state index in [1.54, 1.807) is 42.3 Å². The van der Waals surface area contributed by atoms with Gasteiger partial charge in [-0.3, -0.25) is 14.4 Å². The van der Waals surface area contributed by atoms with E-state index in [4.69, 9.17) is 14.2 Å². The molecule has 1 fully saturated rings. The number of ether oxygens (including phenoxy) is 3. The molecule has 0 saturated carbocycles. The Labute approximate surface area is 245 Å². The molecule has 0 radical (unpaired) electrons. The lowest BCUT2D eigenvalue weighted by Gasteiger charge is -2.39. The van der Waals surface area contributed by atoms with Gasteiger partial charge in [-0.05, 0) is 55.0 Å². The monoisotopic (exact) mass is 572 g/mol. The van der Waals surface area contributed by atoms with Crippen LogP contribution >= 0.6 is 0 Å². The Bertz CT molecular complexity index is 1490. The van der Waals surface area contributed by atoms with E-state index in [2.05, 4.69) is 10.6 Å². The number of rotatable bonds is 3. The van der Waals surface area contributed by atoms with Gasteiger partial charge in [0, 0.05) is 68.6 Å². The summed E-state index contributed by atoms with van der Waals surface area (Å²) in [6.45, 7) is 2.63. The summed E-state index contributed by atoms with van der Waals surface area (Å²) in [5.41, 5.74) is 3.47. The predicted octanol–water partition coefficient (Wildman–Crippen LogP) is 3.17. The van der Waals surface area contributed by atoms with Crippen molar-refractivity contribution in [2.24, 2.45) is 0 Å². The van der Waals surface area contributed by atoms with Gasteiger partial charge in [0.2, 0.25) is 0 Å². The molecule has 3 aliphatic rings. The molecule has 3 aromatic rings. The topological polar surface area (TPSA) is 109 Å². The third kappa shape index (κ3) is 6.43. The molecular weight excluding hydrogens is 536 g/mol. The van der Waals surface area contributed by atoms with E-state index in [0.717, 1.165) is 16.8 Å². The largest absolute Gasteiger partial charge is 0.496 e. The molecule has 0 unspecified atom stereocenters. The number of hydrogen-bond acceptors (Lipinski definition) is 7. The Hall–Kier alpha value is -4.73. The molecule has 3 heterocycles. The van der Waals surface area contributed by atoms with Crippen LogP contribution in [-0.4, -0.2) is 75.7 Å². The Morgan fingerprint density at radius 1 is 1.07 bits per heavy atom. The van der Waals surface area contributed by atoms with E-state index in [-0.39, 0.29) is 37.4 Å². The first-order valence-electron chi connectivity index (χ1n) is 13.9. The minimum Gasteiger partial charge on any atom is -0.496 e. The molecule has 1 saturated heterocycles. The fourth-order valence-corrected chi connectivity index (χ4v) is 5.15. The zero-order valence-electron chi connectivity index (χ0n) is 24.3. The summed E-state index contributed by atoms with van der Waals surface area (Å²) >= 11 is 0. The summed E-state index contributed by atoms with van der Waals surface area (Å²) in [7, 11) is 5.42. The summed E-state index contributed by atoms with van der Waals surface area (Å²) in [4.78, 5) is 43.3. The first kappa shape index (κ1) is 28.8. The highest BCUT2D eigenvalue weighted by atomic mass is 16.5. The number of aryl methyl sites for hydroxylation is 1. The Kier molecular flexibility index (Phi) is 8.51. The Morgan fingerprint density at radius 3 is 2.69 bits per heavy atom. The van der Waals surface area contributed by atoms with Crippen LogP contribution in [0.3, 0.4) is 0 Å². The smallest absolute Gasteiger partial charge is 0.258 e. The predicted molar refractivity (Wildman–Crippen MR) is 158 cm³/mol. The van der Waals surface area contributed by atoms with Crippen LogP contribution in [-0.2, 0) is 11.3 Å². The molecular formula is C32H36N4O6. The Balaban J connectivity index is 1.46. The first-order valence-corrected chi connectivity index (χ1v) is 13.9. The molecule has 3 amide bonds. The number of anilines is 1. The SMILES string of the molecule is COc1cc2ccc1CNC(=O)COc1cc(ccc1C)C(=O)N[C@H]1CN(C(=O)c3cccc(N(C)C)c3)CC[C@H]1O2. The number of nitrogens with one attached hydrogen (secondary N) is 2. The maximum absolute atomic E-state index is 13.6. The number of piperidine rings is 1. The van der Waals surface area contributed by atoms with Gasteiger partial charge in [-0.15, -0.1) is 0 Å². The summed E-state index contributed by atoms with van der Waals surface area (Å²) in [6.07, 6.45) is 0.102. The van der Waals surface area contributed by atoms with Gasteiger partial charge in [0.15, 0.2) is 6.61 Å². The molecule has 220 valence electrons. The van der Waals surface area contributed by atoms with Gasteiger partial charge in [-0.1, -0.05) is 12.1 Å². The van der Waals surface area contributed by atoms with Gasteiger partial charge in [-0.25, -0.2) is 0 Å². The molecule has 10 heteroatoms. The third-order valence-corrected chi connectivity index (χ3v) is 7.59. The summed E-state index contributed by atoms with van der Waals surface area (Å²) < 4.78 is 17.8. The first-order chi connectivity index (χ1) is 20.2. The lowest BCUT2D eigenvalue weighted by Crippen LogP contribution is -2.58. The highest BCUT2D eigenvalue weighted by molar-refractivity contribution is 5.96. The second-order valence-corrected chi connectivity index (χ2v) is 10.7.